The normalized spacial score (nSPS) is 16.9. The fraction of sp³-hybridized carbons (Fsp3) is 0.385. The van der Waals surface area contributed by atoms with Crippen LogP contribution < -0.4 is 69.3 Å². The molecular weight excluding hydrogens is 815 g/mol. The molecule has 296 valence electrons. The molecule has 2 heterocycles. The van der Waals surface area contributed by atoms with Gasteiger partial charge in [0, 0.05) is 58.8 Å². The van der Waals surface area contributed by atoms with E-state index in [4.69, 9.17) is 5.11 Å². The number of anilines is 1. The van der Waals surface area contributed by atoms with Crippen LogP contribution in [0.2, 0.25) is 0 Å². The number of aliphatic carboxylic acids is 1. The smallest absolute Gasteiger partial charge is 0.744 e. The van der Waals surface area contributed by atoms with E-state index in [0.717, 1.165) is 40.0 Å². The Labute approximate surface area is 383 Å². The quantitative estimate of drug-likeness (QED) is 0.0306. The molecule has 0 amide bonds. The van der Waals surface area contributed by atoms with E-state index in [1.807, 2.05) is 71.9 Å². The van der Waals surface area contributed by atoms with Gasteiger partial charge in [0.15, 0.2) is 5.71 Å². The van der Waals surface area contributed by atoms with E-state index >= 15 is 0 Å². The van der Waals surface area contributed by atoms with Crippen molar-refractivity contribution in [1.29, 1.82) is 0 Å². The number of fused-ring (bicyclic) bond motifs is 4. The summed E-state index contributed by atoms with van der Waals surface area (Å²) in [6, 6.07) is 10.6. The molecule has 0 aliphatic carbocycles. The molecule has 0 saturated carbocycles. The van der Waals surface area contributed by atoms with Gasteiger partial charge in [-0.2, -0.15) is 8.91 Å². The average Bonchev–Trinajstić information content (AvgIpc) is 3.47. The first-order chi connectivity index (χ1) is 25.8. The first-order valence-corrected chi connectivity index (χ1v) is 21.4. The first-order valence-electron chi connectivity index (χ1n) is 17.8. The largest absolute Gasteiger partial charge is 1.00 e. The number of carbonyl (C=O) groups is 1. The van der Waals surface area contributed by atoms with E-state index in [2.05, 4.69) is 18.8 Å². The van der Waals surface area contributed by atoms with Gasteiger partial charge >= 0.3 is 65.1 Å². The Hall–Kier alpha value is -1.87. The van der Waals surface area contributed by atoms with Gasteiger partial charge < -0.3 is 24.4 Å². The minimum atomic E-state index is -4.87. The minimum absolute atomic E-state index is 0. The summed E-state index contributed by atoms with van der Waals surface area (Å²) < 4.78 is 79.1. The predicted octanol–water partition coefficient (Wildman–Crippen LogP) is 0.502. The summed E-state index contributed by atoms with van der Waals surface area (Å²) in [4.78, 5) is 12.7. The standard InChI is InChI=1S/C39H46N2O11S3.2Na/c1-7-25(13-19-34-38(3,4)30-23-26(54(45,46)47)15-17-31(30)41(34)21-11-9-10-12-36(42)43)14-20-35-39(5,6)37-29-22-27(55(48,49)50)24-33(53-52-51-44)28(29)16-18-32(37)40(35)8-2;;/h13-20,22-24H,7-12,21H2,1-6H3,(H3-,42,43,44,45,46,47,48,49,50);;/q;2*+1/p-2. The van der Waals surface area contributed by atoms with Gasteiger partial charge in [-0.15, -0.1) is 0 Å². The number of carboxylic acid groups (broad SMARTS) is 1. The summed E-state index contributed by atoms with van der Waals surface area (Å²) in [5.41, 5.74) is 4.58. The van der Waals surface area contributed by atoms with Crippen molar-refractivity contribution in [1.82, 2.24) is 0 Å². The van der Waals surface area contributed by atoms with E-state index in [-0.39, 0.29) is 75.3 Å². The van der Waals surface area contributed by atoms with Crippen molar-refractivity contribution in [2.45, 2.75) is 99.2 Å². The van der Waals surface area contributed by atoms with Crippen molar-refractivity contribution in [3.05, 3.63) is 89.2 Å². The zero-order chi connectivity index (χ0) is 40.5. The molecule has 5 rings (SSSR count). The molecule has 3 aromatic carbocycles. The number of hydrogen-bond acceptors (Lipinski definition) is 12. The van der Waals surface area contributed by atoms with E-state index in [1.54, 1.807) is 12.1 Å². The van der Waals surface area contributed by atoms with Crippen LogP contribution in [0, 0.1) is 0 Å². The Morgan fingerprint density at radius 2 is 1.60 bits per heavy atom. The molecule has 0 atom stereocenters. The molecule has 0 radical (unpaired) electrons. The van der Waals surface area contributed by atoms with Crippen molar-refractivity contribution < 1.29 is 114 Å². The Kier molecular flexibility index (Phi) is 17.1. The Morgan fingerprint density at radius 1 is 0.912 bits per heavy atom. The van der Waals surface area contributed by atoms with Crippen molar-refractivity contribution in [2.24, 2.45) is 0 Å². The number of benzene rings is 3. The number of unbranched alkanes of at least 4 members (excludes halogenated alkanes) is 2. The van der Waals surface area contributed by atoms with E-state index in [9.17, 15) is 36.0 Å². The van der Waals surface area contributed by atoms with Crippen LogP contribution in [0.5, 0.6) is 0 Å². The molecule has 0 spiro atoms. The SMILES string of the molecule is CCC(=C/C=C1/N(CC)c2ccc3c(SOO[O-])cc(S(=O)(=O)[O-])cc3c2C1(C)C)/C=C/C1=[N+](CCCCCC(=O)O)c2ccc(S(=O)(=O)[O-])cc2C1(C)C.[Na+].[Na+]. The summed E-state index contributed by atoms with van der Waals surface area (Å²) in [5.74, 6) is -0.849. The third-order valence-corrected chi connectivity index (χ3v) is 12.7. The number of carboxylic acids is 1. The predicted molar refractivity (Wildman–Crippen MR) is 205 cm³/mol. The topological polar surface area (TPSA) is 199 Å². The van der Waals surface area contributed by atoms with E-state index < -0.39 is 41.9 Å². The number of hydrogen-bond donors (Lipinski definition) is 1. The first kappa shape index (κ1) is 49.5. The third-order valence-electron chi connectivity index (χ3n) is 10.4. The van der Waals surface area contributed by atoms with Crippen LogP contribution in [0.1, 0.15) is 84.8 Å². The maximum Gasteiger partial charge on any atom is 1.00 e. The molecule has 2 aliphatic heterocycles. The molecule has 57 heavy (non-hydrogen) atoms. The number of rotatable bonds is 16. The Morgan fingerprint density at radius 3 is 2.19 bits per heavy atom. The van der Waals surface area contributed by atoms with Gasteiger partial charge in [0.1, 0.15) is 26.8 Å². The van der Waals surface area contributed by atoms with Crippen LogP contribution in [0.3, 0.4) is 0 Å². The zero-order valence-corrected chi connectivity index (χ0v) is 39.9. The average molecular weight is 859 g/mol. The van der Waals surface area contributed by atoms with Crippen LogP contribution in [0.4, 0.5) is 11.4 Å². The van der Waals surface area contributed by atoms with Gasteiger partial charge in [0.25, 0.3) is 0 Å². The minimum Gasteiger partial charge on any atom is -0.744 e. The summed E-state index contributed by atoms with van der Waals surface area (Å²) in [5, 5.41) is 24.3. The van der Waals surface area contributed by atoms with Gasteiger partial charge in [0.05, 0.1) is 27.2 Å². The monoisotopic (exact) mass is 858 g/mol. The molecule has 0 fully saturated rings. The molecule has 1 N–H and O–H groups in total. The molecule has 0 aromatic heterocycles. The van der Waals surface area contributed by atoms with Gasteiger partial charge in [0.2, 0.25) is 5.69 Å². The second kappa shape index (κ2) is 19.7. The van der Waals surface area contributed by atoms with Crippen LogP contribution in [-0.4, -0.2) is 60.4 Å². The number of likely N-dealkylation sites (N-methyl/N-ethyl adjacent to an activating group) is 1. The van der Waals surface area contributed by atoms with Crippen molar-refractivity contribution >= 4 is 66.1 Å². The molecule has 0 bridgehead atoms. The number of nitrogens with zero attached hydrogens (tertiary/aromatic N) is 2. The van der Waals surface area contributed by atoms with Gasteiger partial charge in [-0.1, -0.05) is 39.0 Å². The van der Waals surface area contributed by atoms with Gasteiger partial charge in [-0.05, 0) is 98.4 Å². The summed E-state index contributed by atoms with van der Waals surface area (Å²) in [7, 11) is -9.55. The summed E-state index contributed by atoms with van der Waals surface area (Å²) in [6.45, 7) is 13.2. The Balaban J connectivity index is 0.00000435. The van der Waals surface area contributed by atoms with E-state index in [0.29, 0.717) is 67.2 Å². The second-order valence-electron chi connectivity index (χ2n) is 14.5. The molecule has 0 saturated heterocycles. The fourth-order valence-corrected chi connectivity index (χ4v) is 9.32. The molecular formula is C39H44N2Na2O11S3. The molecule has 13 nitrogen and oxygen atoms in total. The number of allylic oxidation sites excluding steroid dienone is 6. The second-order valence-corrected chi connectivity index (χ2v) is 18.0. The molecule has 18 heteroatoms. The van der Waals surface area contributed by atoms with Crippen LogP contribution >= 0.6 is 12.0 Å². The van der Waals surface area contributed by atoms with Crippen LogP contribution in [-0.2, 0) is 45.2 Å². The molecule has 3 aromatic rings. The molecule has 2 aliphatic rings. The molecule has 0 unspecified atom stereocenters. The fourth-order valence-electron chi connectivity index (χ4n) is 7.68. The van der Waals surface area contributed by atoms with Crippen LogP contribution in [0.25, 0.3) is 10.8 Å². The van der Waals surface area contributed by atoms with E-state index in [1.165, 1.54) is 18.2 Å². The third kappa shape index (κ3) is 10.5. The van der Waals surface area contributed by atoms with Gasteiger partial charge in [-0.3, -0.25) is 9.83 Å². The zero-order valence-electron chi connectivity index (χ0n) is 33.4. The van der Waals surface area contributed by atoms with Crippen molar-refractivity contribution in [3.63, 3.8) is 0 Å². The maximum absolute atomic E-state index is 12.2. The van der Waals surface area contributed by atoms with Gasteiger partial charge in [-0.25, -0.2) is 16.8 Å². The van der Waals surface area contributed by atoms with Crippen molar-refractivity contribution in [2.75, 3.05) is 18.0 Å². The summed E-state index contributed by atoms with van der Waals surface area (Å²) >= 11 is 0.520. The maximum atomic E-state index is 12.2. The van der Waals surface area contributed by atoms with Crippen molar-refractivity contribution in [3.8, 4) is 0 Å². The Bertz CT molecular complexity index is 2370. The summed E-state index contributed by atoms with van der Waals surface area (Å²) in [6.07, 6.45) is 10.7. The van der Waals surface area contributed by atoms with Crippen LogP contribution in [0.15, 0.2) is 92.7 Å².